The number of thioether (sulfide) groups is 1. The minimum atomic E-state index is -0.619. The Kier molecular flexibility index (Phi) is 9.61. The Balaban J connectivity index is 2.16. The third kappa shape index (κ3) is 6.49. The molecule has 0 aromatic heterocycles. The zero-order valence-electron chi connectivity index (χ0n) is 19.1. The largest absolute Gasteiger partial charge is 0.358 e. The van der Waals surface area contributed by atoms with Gasteiger partial charge in [-0.05, 0) is 53.1 Å². The van der Waals surface area contributed by atoms with Crippen LogP contribution in [-0.4, -0.2) is 34.0 Å². The SMILES string of the molecule is C=CCC1OC(c2cc(Cl)cc(Cl)c2)C(c2ccc(Cl)cc2)N(C(CC)CSC(C)C)C1=O. The molecule has 0 N–H and O–H groups in total. The maximum atomic E-state index is 13.8. The van der Waals surface area contributed by atoms with E-state index in [0.717, 1.165) is 23.3 Å². The van der Waals surface area contributed by atoms with Crippen molar-refractivity contribution >= 4 is 52.5 Å². The van der Waals surface area contributed by atoms with Crippen molar-refractivity contribution in [3.05, 3.63) is 81.3 Å². The second kappa shape index (κ2) is 12.0. The van der Waals surface area contributed by atoms with E-state index in [1.807, 2.05) is 53.1 Å². The molecule has 7 heteroatoms. The molecule has 0 saturated carbocycles. The molecular weight excluding hydrogens is 497 g/mol. The van der Waals surface area contributed by atoms with Crippen molar-refractivity contribution in [2.24, 2.45) is 0 Å². The molecule has 4 atom stereocenters. The number of benzene rings is 2. The lowest BCUT2D eigenvalue weighted by Crippen LogP contribution is -2.55. The highest BCUT2D eigenvalue weighted by Crippen LogP contribution is 2.45. The summed E-state index contributed by atoms with van der Waals surface area (Å²) in [6.07, 6.45) is 1.94. The molecule has 1 saturated heterocycles. The number of rotatable bonds is 9. The molecule has 2 aromatic rings. The average Bonchev–Trinajstić information content (AvgIpc) is 2.76. The van der Waals surface area contributed by atoms with Crippen LogP contribution in [-0.2, 0) is 9.53 Å². The van der Waals surface area contributed by atoms with Gasteiger partial charge in [0.25, 0.3) is 5.91 Å². The summed E-state index contributed by atoms with van der Waals surface area (Å²) in [6.45, 7) is 10.3. The molecule has 0 aliphatic carbocycles. The molecule has 1 heterocycles. The smallest absolute Gasteiger partial charge is 0.252 e. The fraction of sp³-hybridized carbons (Fsp3) is 0.423. The van der Waals surface area contributed by atoms with Crippen LogP contribution in [0.15, 0.2) is 55.1 Å². The summed E-state index contributed by atoms with van der Waals surface area (Å²) in [4.78, 5) is 15.8. The Morgan fingerprint density at radius 2 is 1.70 bits per heavy atom. The van der Waals surface area contributed by atoms with Crippen molar-refractivity contribution < 1.29 is 9.53 Å². The summed E-state index contributed by atoms with van der Waals surface area (Å²) in [6, 6.07) is 12.8. The van der Waals surface area contributed by atoms with Gasteiger partial charge in [0.1, 0.15) is 12.2 Å². The number of carbonyl (C=O) groups excluding carboxylic acids is 1. The standard InChI is InChI=1S/C26H30Cl3NO2S/c1-5-7-23-26(31)30(22(6-2)15-33-16(3)4)24(17-8-10-19(27)11-9-17)25(32-23)18-12-20(28)14-21(29)13-18/h5,8-14,16,22-25H,1,6-7,15H2,2-4H3. The number of ether oxygens (including phenoxy) is 1. The predicted molar refractivity (Wildman–Crippen MR) is 142 cm³/mol. The number of morpholine rings is 1. The normalized spacial score (nSPS) is 22.0. The number of amides is 1. The highest BCUT2D eigenvalue weighted by atomic mass is 35.5. The summed E-state index contributed by atoms with van der Waals surface area (Å²) in [7, 11) is 0. The molecule has 0 radical (unpaired) electrons. The van der Waals surface area contributed by atoms with Gasteiger partial charge >= 0.3 is 0 Å². The Morgan fingerprint density at radius 1 is 1.06 bits per heavy atom. The van der Waals surface area contributed by atoms with Gasteiger partial charge in [-0.2, -0.15) is 11.8 Å². The first-order valence-corrected chi connectivity index (χ1v) is 13.3. The van der Waals surface area contributed by atoms with Crippen LogP contribution < -0.4 is 0 Å². The molecule has 178 valence electrons. The van der Waals surface area contributed by atoms with Crippen molar-refractivity contribution in [3.63, 3.8) is 0 Å². The summed E-state index contributed by atoms with van der Waals surface area (Å²) in [5, 5.41) is 2.17. The number of carbonyl (C=O) groups is 1. The topological polar surface area (TPSA) is 29.5 Å². The molecule has 33 heavy (non-hydrogen) atoms. The second-order valence-electron chi connectivity index (χ2n) is 8.46. The van der Waals surface area contributed by atoms with Crippen LogP contribution >= 0.6 is 46.6 Å². The number of hydrogen-bond donors (Lipinski definition) is 0. The molecule has 1 fully saturated rings. The van der Waals surface area contributed by atoms with E-state index in [2.05, 4.69) is 27.4 Å². The molecule has 2 aromatic carbocycles. The summed E-state index contributed by atoms with van der Waals surface area (Å²) < 4.78 is 6.46. The first-order chi connectivity index (χ1) is 15.7. The van der Waals surface area contributed by atoms with E-state index in [0.29, 0.717) is 26.7 Å². The number of halogens is 3. The predicted octanol–water partition coefficient (Wildman–Crippen LogP) is 8.15. The minimum absolute atomic E-state index is 0.0181. The number of nitrogens with zero attached hydrogens (tertiary/aromatic N) is 1. The van der Waals surface area contributed by atoms with Gasteiger partial charge in [-0.25, -0.2) is 0 Å². The molecule has 3 rings (SSSR count). The molecule has 1 aliphatic heterocycles. The lowest BCUT2D eigenvalue weighted by atomic mass is 9.89. The highest BCUT2D eigenvalue weighted by Gasteiger charge is 2.46. The van der Waals surface area contributed by atoms with Crippen LogP contribution in [0.2, 0.25) is 15.1 Å². The van der Waals surface area contributed by atoms with Gasteiger partial charge in [0, 0.05) is 33.3 Å². The fourth-order valence-electron chi connectivity index (χ4n) is 4.17. The molecule has 3 nitrogen and oxygen atoms in total. The van der Waals surface area contributed by atoms with Crippen LogP contribution in [0.1, 0.15) is 56.9 Å². The maximum absolute atomic E-state index is 13.8. The van der Waals surface area contributed by atoms with E-state index in [9.17, 15) is 4.79 Å². The third-order valence-corrected chi connectivity index (χ3v) is 7.65. The van der Waals surface area contributed by atoms with E-state index in [1.54, 1.807) is 12.1 Å². The van der Waals surface area contributed by atoms with Crippen LogP contribution in [0.5, 0.6) is 0 Å². The molecule has 4 unspecified atom stereocenters. The van der Waals surface area contributed by atoms with Crippen molar-refractivity contribution in [2.45, 2.75) is 63.2 Å². The average molecular weight is 527 g/mol. The van der Waals surface area contributed by atoms with Crippen LogP contribution in [0.3, 0.4) is 0 Å². The first kappa shape index (κ1) is 26.4. The van der Waals surface area contributed by atoms with Gasteiger partial charge < -0.3 is 9.64 Å². The van der Waals surface area contributed by atoms with Crippen molar-refractivity contribution in [3.8, 4) is 0 Å². The fourth-order valence-corrected chi connectivity index (χ4v) is 5.84. The summed E-state index contributed by atoms with van der Waals surface area (Å²) in [5.41, 5.74) is 1.80. The van der Waals surface area contributed by atoms with Crippen LogP contribution in [0.4, 0.5) is 0 Å². The van der Waals surface area contributed by atoms with E-state index >= 15 is 0 Å². The van der Waals surface area contributed by atoms with Gasteiger partial charge in [-0.3, -0.25) is 4.79 Å². The Labute approximate surface area is 216 Å². The molecule has 1 aliphatic rings. The lowest BCUT2D eigenvalue weighted by molar-refractivity contribution is -0.178. The van der Waals surface area contributed by atoms with E-state index in [1.165, 1.54) is 0 Å². The molecule has 0 bridgehead atoms. The summed E-state index contributed by atoms with van der Waals surface area (Å²) >= 11 is 20.8. The summed E-state index contributed by atoms with van der Waals surface area (Å²) in [5.74, 6) is 0.823. The monoisotopic (exact) mass is 525 g/mol. The number of hydrogen-bond acceptors (Lipinski definition) is 3. The van der Waals surface area contributed by atoms with E-state index < -0.39 is 12.2 Å². The van der Waals surface area contributed by atoms with Gasteiger partial charge in [-0.15, -0.1) is 6.58 Å². The van der Waals surface area contributed by atoms with Crippen molar-refractivity contribution in [2.75, 3.05) is 5.75 Å². The maximum Gasteiger partial charge on any atom is 0.252 e. The van der Waals surface area contributed by atoms with Gasteiger partial charge in [0.2, 0.25) is 0 Å². The third-order valence-electron chi connectivity index (χ3n) is 5.72. The Hall–Kier alpha value is -1.17. The zero-order valence-corrected chi connectivity index (χ0v) is 22.2. The highest BCUT2D eigenvalue weighted by molar-refractivity contribution is 7.99. The Morgan fingerprint density at radius 3 is 2.24 bits per heavy atom. The zero-order chi connectivity index (χ0) is 24.1. The molecule has 0 spiro atoms. The van der Waals surface area contributed by atoms with Crippen molar-refractivity contribution in [1.82, 2.24) is 4.90 Å². The molecule has 1 amide bonds. The van der Waals surface area contributed by atoms with Gasteiger partial charge in [0.15, 0.2) is 0 Å². The van der Waals surface area contributed by atoms with Gasteiger partial charge in [0.05, 0.1) is 6.04 Å². The first-order valence-electron chi connectivity index (χ1n) is 11.2. The van der Waals surface area contributed by atoms with Gasteiger partial charge in [-0.1, -0.05) is 73.8 Å². The van der Waals surface area contributed by atoms with Crippen LogP contribution in [0, 0.1) is 0 Å². The molecular formula is C26H30Cl3NO2S. The van der Waals surface area contributed by atoms with E-state index in [-0.39, 0.29) is 18.0 Å². The van der Waals surface area contributed by atoms with Crippen molar-refractivity contribution in [1.29, 1.82) is 0 Å². The second-order valence-corrected chi connectivity index (χ2v) is 11.4. The Bertz CT molecular complexity index is 946. The van der Waals surface area contributed by atoms with Crippen LogP contribution in [0.25, 0.3) is 0 Å². The van der Waals surface area contributed by atoms with E-state index in [4.69, 9.17) is 39.5 Å². The lowest BCUT2D eigenvalue weighted by Gasteiger charge is -2.48. The quantitative estimate of drug-likeness (QED) is 0.309. The minimum Gasteiger partial charge on any atom is -0.358 e.